The smallest absolute Gasteiger partial charge is 0.131 e. The van der Waals surface area contributed by atoms with E-state index in [1.165, 1.54) is 0 Å². The summed E-state index contributed by atoms with van der Waals surface area (Å²) in [6.45, 7) is 0.573. The summed E-state index contributed by atoms with van der Waals surface area (Å²) in [5, 5.41) is 0. The zero-order valence-electron chi connectivity index (χ0n) is 9.90. The molecule has 0 saturated heterocycles. The van der Waals surface area contributed by atoms with Crippen LogP contribution < -0.4 is 15.2 Å². The van der Waals surface area contributed by atoms with Crippen molar-refractivity contribution in [2.24, 2.45) is 5.73 Å². The Balaban J connectivity index is 2.43. The van der Waals surface area contributed by atoms with Gasteiger partial charge in [-0.05, 0) is 24.3 Å². The van der Waals surface area contributed by atoms with Crippen LogP contribution >= 0.6 is 11.3 Å². The van der Waals surface area contributed by atoms with Gasteiger partial charge in [-0.3, -0.25) is 0 Å². The van der Waals surface area contributed by atoms with Crippen molar-refractivity contribution in [3.8, 4) is 21.9 Å². The lowest BCUT2D eigenvalue weighted by molar-refractivity contribution is 0.395. The van der Waals surface area contributed by atoms with Gasteiger partial charge < -0.3 is 15.2 Å². The monoisotopic (exact) mass is 249 g/mol. The Morgan fingerprint density at radius 2 is 1.94 bits per heavy atom. The average molecular weight is 249 g/mol. The molecule has 90 valence electrons. The van der Waals surface area contributed by atoms with Crippen LogP contribution in [0.4, 0.5) is 0 Å². The van der Waals surface area contributed by atoms with Crippen molar-refractivity contribution >= 4 is 11.3 Å². The second-order valence-electron chi connectivity index (χ2n) is 3.54. The molecule has 0 bridgehead atoms. The van der Waals surface area contributed by atoms with Gasteiger partial charge >= 0.3 is 0 Å². The van der Waals surface area contributed by atoms with Crippen LogP contribution in [0, 0.1) is 0 Å². The molecule has 2 aromatic rings. The molecule has 0 fully saturated rings. The van der Waals surface area contributed by atoms with Crippen LogP contribution in [0.1, 0.15) is 4.88 Å². The Bertz CT molecular complexity index is 508. The number of rotatable bonds is 4. The normalized spacial score (nSPS) is 10.3. The van der Waals surface area contributed by atoms with Gasteiger partial charge in [0.2, 0.25) is 0 Å². The number of ether oxygens (including phenoxy) is 2. The first kappa shape index (κ1) is 12.0. The molecular formula is C13H15NO2S. The third-order valence-electron chi connectivity index (χ3n) is 2.54. The standard InChI is InChI=1S/C13H15NO2S/c1-15-9-3-5-11(12(7-9)16-2)13-6-4-10(8-14)17-13/h3-7H,8,14H2,1-2H3. The fourth-order valence-corrected chi connectivity index (χ4v) is 2.55. The summed E-state index contributed by atoms with van der Waals surface area (Å²) in [6, 6.07) is 9.93. The number of hydrogen-bond acceptors (Lipinski definition) is 4. The molecule has 2 N–H and O–H groups in total. The van der Waals surface area contributed by atoms with Crippen LogP contribution in [-0.2, 0) is 6.54 Å². The number of methoxy groups -OCH3 is 2. The van der Waals surface area contributed by atoms with E-state index in [0.717, 1.165) is 26.8 Å². The molecule has 0 unspecified atom stereocenters. The van der Waals surface area contributed by atoms with Crippen molar-refractivity contribution in [2.45, 2.75) is 6.54 Å². The molecule has 17 heavy (non-hydrogen) atoms. The molecule has 0 radical (unpaired) electrons. The van der Waals surface area contributed by atoms with Gasteiger partial charge in [-0.1, -0.05) is 0 Å². The highest BCUT2D eigenvalue weighted by Crippen LogP contribution is 2.36. The first-order valence-corrected chi connectivity index (χ1v) is 6.11. The van der Waals surface area contributed by atoms with Crippen LogP contribution in [-0.4, -0.2) is 14.2 Å². The minimum absolute atomic E-state index is 0.573. The number of nitrogens with two attached hydrogens (primary N) is 1. The van der Waals surface area contributed by atoms with E-state index in [1.807, 2.05) is 24.3 Å². The lowest BCUT2D eigenvalue weighted by Gasteiger charge is -2.08. The van der Waals surface area contributed by atoms with Crippen molar-refractivity contribution in [1.29, 1.82) is 0 Å². The Morgan fingerprint density at radius 1 is 1.12 bits per heavy atom. The molecule has 2 rings (SSSR count). The van der Waals surface area contributed by atoms with Gasteiger partial charge in [-0.25, -0.2) is 0 Å². The van der Waals surface area contributed by atoms with Gasteiger partial charge in [0.15, 0.2) is 0 Å². The SMILES string of the molecule is COc1ccc(-c2ccc(CN)s2)c(OC)c1. The minimum Gasteiger partial charge on any atom is -0.497 e. The maximum Gasteiger partial charge on any atom is 0.131 e. The molecule has 0 atom stereocenters. The van der Waals surface area contributed by atoms with E-state index < -0.39 is 0 Å². The van der Waals surface area contributed by atoms with Crippen LogP contribution in [0.25, 0.3) is 10.4 Å². The lowest BCUT2D eigenvalue weighted by atomic mass is 10.1. The topological polar surface area (TPSA) is 44.5 Å². The molecule has 0 aliphatic carbocycles. The summed E-state index contributed by atoms with van der Waals surface area (Å²) in [6.07, 6.45) is 0. The fourth-order valence-electron chi connectivity index (χ4n) is 1.63. The lowest BCUT2D eigenvalue weighted by Crippen LogP contribution is -1.91. The molecule has 4 heteroatoms. The summed E-state index contributed by atoms with van der Waals surface area (Å²) in [5.41, 5.74) is 6.68. The van der Waals surface area contributed by atoms with Gasteiger partial charge in [0, 0.05) is 27.9 Å². The Labute approximate surface area is 105 Å². The first-order valence-electron chi connectivity index (χ1n) is 5.29. The Hall–Kier alpha value is -1.52. The molecule has 0 aliphatic heterocycles. The highest BCUT2D eigenvalue weighted by Gasteiger charge is 2.09. The average Bonchev–Trinajstić information content (AvgIpc) is 2.86. The van der Waals surface area contributed by atoms with Crippen LogP contribution in [0.2, 0.25) is 0 Å². The second-order valence-corrected chi connectivity index (χ2v) is 4.70. The van der Waals surface area contributed by atoms with Crippen molar-refractivity contribution in [3.05, 3.63) is 35.2 Å². The Kier molecular flexibility index (Phi) is 3.66. The molecule has 0 aliphatic rings. The summed E-state index contributed by atoms with van der Waals surface area (Å²) in [5.74, 6) is 1.61. The van der Waals surface area contributed by atoms with Gasteiger partial charge in [-0.2, -0.15) is 0 Å². The minimum atomic E-state index is 0.573. The van der Waals surface area contributed by atoms with E-state index in [1.54, 1.807) is 25.6 Å². The van der Waals surface area contributed by atoms with E-state index in [0.29, 0.717) is 6.54 Å². The molecular weight excluding hydrogens is 234 g/mol. The van der Waals surface area contributed by atoms with Gasteiger partial charge in [0.1, 0.15) is 11.5 Å². The molecule has 0 amide bonds. The van der Waals surface area contributed by atoms with Gasteiger partial charge in [0.25, 0.3) is 0 Å². The zero-order valence-corrected chi connectivity index (χ0v) is 10.7. The second kappa shape index (κ2) is 5.21. The quantitative estimate of drug-likeness (QED) is 0.906. The maximum atomic E-state index is 5.62. The highest BCUT2D eigenvalue weighted by molar-refractivity contribution is 7.15. The summed E-state index contributed by atoms with van der Waals surface area (Å²) < 4.78 is 10.6. The largest absolute Gasteiger partial charge is 0.497 e. The van der Waals surface area contributed by atoms with Gasteiger partial charge in [0.05, 0.1) is 14.2 Å². The predicted molar refractivity (Wildman–Crippen MR) is 70.8 cm³/mol. The summed E-state index contributed by atoms with van der Waals surface area (Å²) in [7, 11) is 3.31. The number of benzene rings is 1. The van der Waals surface area contributed by atoms with Crippen LogP contribution in [0.15, 0.2) is 30.3 Å². The third-order valence-corrected chi connectivity index (χ3v) is 3.68. The molecule has 1 aromatic heterocycles. The van der Waals surface area contributed by atoms with Crippen LogP contribution in [0.5, 0.6) is 11.5 Å². The predicted octanol–water partition coefficient (Wildman–Crippen LogP) is 2.89. The fraction of sp³-hybridized carbons (Fsp3) is 0.231. The molecule has 1 aromatic carbocycles. The van der Waals surface area contributed by atoms with E-state index in [2.05, 4.69) is 6.07 Å². The van der Waals surface area contributed by atoms with Crippen molar-refractivity contribution in [1.82, 2.24) is 0 Å². The van der Waals surface area contributed by atoms with Gasteiger partial charge in [-0.15, -0.1) is 11.3 Å². The van der Waals surface area contributed by atoms with Crippen molar-refractivity contribution in [2.75, 3.05) is 14.2 Å². The number of thiophene rings is 1. The van der Waals surface area contributed by atoms with Crippen molar-refractivity contribution in [3.63, 3.8) is 0 Å². The van der Waals surface area contributed by atoms with E-state index >= 15 is 0 Å². The van der Waals surface area contributed by atoms with E-state index in [-0.39, 0.29) is 0 Å². The molecule has 1 heterocycles. The Morgan fingerprint density at radius 3 is 2.53 bits per heavy atom. The highest BCUT2D eigenvalue weighted by atomic mass is 32.1. The number of hydrogen-bond donors (Lipinski definition) is 1. The first-order chi connectivity index (χ1) is 8.28. The maximum absolute atomic E-state index is 5.62. The van der Waals surface area contributed by atoms with Crippen LogP contribution in [0.3, 0.4) is 0 Å². The molecule has 0 saturated carbocycles. The molecule has 3 nitrogen and oxygen atoms in total. The zero-order chi connectivity index (χ0) is 12.3. The third kappa shape index (κ3) is 2.43. The molecule has 0 spiro atoms. The van der Waals surface area contributed by atoms with E-state index in [9.17, 15) is 0 Å². The van der Waals surface area contributed by atoms with E-state index in [4.69, 9.17) is 15.2 Å². The summed E-state index contributed by atoms with van der Waals surface area (Å²) >= 11 is 1.68. The summed E-state index contributed by atoms with van der Waals surface area (Å²) in [4.78, 5) is 2.32. The van der Waals surface area contributed by atoms with Crippen molar-refractivity contribution < 1.29 is 9.47 Å².